The molecule has 1 saturated carbocycles. The van der Waals surface area contributed by atoms with Crippen molar-refractivity contribution >= 4 is 11.6 Å². The molecule has 0 atom stereocenters. The molecule has 0 heterocycles. The summed E-state index contributed by atoms with van der Waals surface area (Å²) in [5, 5.41) is 0.896. The summed E-state index contributed by atoms with van der Waals surface area (Å²) < 4.78 is 0. The molecule has 0 spiro atoms. The monoisotopic (exact) mass is 237 g/mol. The Labute approximate surface area is 103 Å². The van der Waals surface area contributed by atoms with Gasteiger partial charge in [0.05, 0.1) is 0 Å². The zero-order valence-electron chi connectivity index (χ0n) is 9.93. The third kappa shape index (κ3) is 2.11. The van der Waals surface area contributed by atoms with Gasteiger partial charge in [-0.2, -0.15) is 0 Å². The van der Waals surface area contributed by atoms with E-state index in [1.165, 1.54) is 43.2 Å². The minimum atomic E-state index is 0.142. The van der Waals surface area contributed by atoms with Crippen LogP contribution in [0.25, 0.3) is 0 Å². The first kappa shape index (κ1) is 11.9. The van der Waals surface area contributed by atoms with Crippen molar-refractivity contribution in [2.45, 2.75) is 44.4 Å². The van der Waals surface area contributed by atoms with Crippen LogP contribution in [0.1, 0.15) is 43.2 Å². The largest absolute Gasteiger partial charge is 0.330 e. The second kappa shape index (κ2) is 4.77. The number of rotatable bonds is 2. The van der Waals surface area contributed by atoms with Crippen molar-refractivity contribution in [3.05, 3.63) is 34.3 Å². The zero-order chi connectivity index (χ0) is 11.6. The summed E-state index contributed by atoms with van der Waals surface area (Å²) >= 11 is 6.38. The van der Waals surface area contributed by atoms with Crippen LogP contribution in [-0.2, 0) is 5.41 Å². The van der Waals surface area contributed by atoms with E-state index in [2.05, 4.69) is 25.1 Å². The highest BCUT2D eigenvalue weighted by Gasteiger charge is 2.33. The van der Waals surface area contributed by atoms with Gasteiger partial charge in [0.25, 0.3) is 0 Å². The Morgan fingerprint density at radius 2 is 1.94 bits per heavy atom. The fourth-order valence-electron chi connectivity index (χ4n) is 2.86. The molecule has 0 saturated heterocycles. The second-order valence-electron chi connectivity index (χ2n) is 5.03. The van der Waals surface area contributed by atoms with E-state index >= 15 is 0 Å². The van der Waals surface area contributed by atoms with Gasteiger partial charge in [-0.25, -0.2) is 0 Å². The molecule has 0 aromatic heterocycles. The SMILES string of the molecule is Cc1ccc(C2(CN)CCCCC2)c(Cl)c1. The minimum absolute atomic E-state index is 0.142. The summed E-state index contributed by atoms with van der Waals surface area (Å²) in [6.45, 7) is 2.79. The van der Waals surface area contributed by atoms with Crippen LogP contribution >= 0.6 is 11.6 Å². The maximum Gasteiger partial charge on any atom is 0.0446 e. The van der Waals surface area contributed by atoms with Crippen LogP contribution in [0, 0.1) is 6.92 Å². The van der Waals surface area contributed by atoms with E-state index in [0.29, 0.717) is 0 Å². The van der Waals surface area contributed by atoms with Crippen molar-refractivity contribution in [1.82, 2.24) is 0 Å². The fourth-order valence-corrected chi connectivity index (χ4v) is 3.30. The van der Waals surface area contributed by atoms with Gasteiger partial charge in [-0.15, -0.1) is 0 Å². The topological polar surface area (TPSA) is 26.0 Å². The second-order valence-corrected chi connectivity index (χ2v) is 5.44. The molecule has 88 valence electrons. The van der Waals surface area contributed by atoms with Gasteiger partial charge in [0.2, 0.25) is 0 Å². The third-order valence-electron chi connectivity index (χ3n) is 3.90. The first-order valence-electron chi connectivity index (χ1n) is 6.15. The van der Waals surface area contributed by atoms with E-state index < -0.39 is 0 Å². The van der Waals surface area contributed by atoms with E-state index in [9.17, 15) is 0 Å². The Morgan fingerprint density at radius 3 is 2.50 bits per heavy atom. The molecule has 1 aliphatic carbocycles. The van der Waals surface area contributed by atoms with E-state index in [-0.39, 0.29) is 5.41 Å². The van der Waals surface area contributed by atoms with E-state index in [1.807, 2.05) is 0 Å². The molecule has 0 amide bonds. The molecule has 16 heavy (non-hydrogen) atoms. The molecule has 1 nitrogen and oxygen atoms in total. The van der Waals surface area contributed by atoms with Gasteiger partial charge < -0.3 is 5.73 Å². The van der Waals surface area contributed by atoms with Crippen LogP contribution in [0.4, 0.5) is 0 Å². The predicted molar refractivity (Wildman–Crippen MR) is 70.0 cm³/mol. The van der Waals surface area contributed by atoms with E-state index in [0.717, 1.165) is 11.6 Å². The van der Waals surface area contributed by atoms with Crippen LogP contribution in [-0.4, -0.2) is 6.54 Å². The summed E-state index contributed by atoms with van der Waals surface area (Å²) in [5.41, 5.74) is 8.65. The lowest BCUT2D eigenvalue weighted by Crippen LogP contribution is -2.37. The molecule has 1 aliphatic rings. The van der Waals surface area contributed by atoms with Gasteiger partial charge in [0, 0.05) is 17.0 Å². The summed E-state index contributed by atoms with van der Waals surface area (Å²) in [6, 6.07) is 6.38. The first-order valence-corrected chi connectivity index (χ1v) is 6.52. The van der Waals surface area contributed by atoms with Gasteiger partial charge in [-0.05, 0) is 37.0 Å². The third-order valence-corrected chi connectivity index (χ3v) is 4.21. The number of halogens is 1. The lowest BCUT2D eigenvalue weighted by molar-refractivity contribution is 0.301. The molecule has 1 fully saturated rings. The summed E-state index contributed by atoms with van der Waals surface area (Å²) in [5.74, 6) is 0. The van der Waals surface area contributed by atoms with Gasteiger partial charge >= 0.3 is 0 Å². The molecular formula is C14H20ClN. The number of benzene rings is 1. The highest BCUT2D eigenvalue weighted by atomic mass is 35.5. The maximum absolute atomic E-state index is 6.38. The summed E-state index contributed by atoms with van der Waals surface area (Å²) in [6.07, 6.45) is 6.27. The van der Waals surface area contributed by atoms with Crippen LogP contribution in [0.3, 0.4) is 0 Å². The normalized spacial score (nSPS) is 19.7. The fraction of sp³-hybridized carbons (Fsp3) is 0.571. The Kier molecular flexibility index (Phi) is 3.56. The van der Waals surface area contributed by atoms with Gasteiger partial charge in [0.15, 0.2) is 0 Å². The Balaban J connectivity index is 2.39. The molecular weight excluding hydrogens is 218 g/mol. The van der Waals surface area contributed by atoms with Gasteiger partial charge in [-0.1, -0.05) is 43.0 Å². The number of hydrogen-bond acceptors (Lipinski definition) is 1. The molecule has 2 N–H and O–H groups in total. The van der Waals surface area contributed by atoms with Crippen molar-refractivity contribution in [1.29, 1.82) is 0 Å². The van der Waals surface area contributed by atoms with Gasteiger partial charge in [0.1, 0.15) is 0 Å². The van der Waals surface area contributed by atoms with Crippen LogP contribution in [0.2, 0.25) is 5.02 Å². The number of aryl methyl sites for hydroxylation is 1. The summed E-state index contributed by atoms with van der Waals surface area (Å²) in [4.78, 5) is 0. The van der Waals surface area contributed by atoms with E-state index in [1.54, 1.807) is 0 Å². The lowest BCUT2D eigenvalue weighted by Gasteiger charge is -2.37. The number of nitrogens with two attached hydrogens (primary N) is 1. The lowest BCUT2D eigenvalue weighted by atomic mass is 9.69. The van der Waals surface area contributed by atoms with Crippen molar-refractivity contribution in [2.24, 2.45) is 5.73 Å². The molecule has 0 unspecified atom stereocenters. The van der Waals surface area contributed by atoms with E-state index in [4.69, 9.17) is 17.3 Å². The number of hydrogen-bond donors (Lipinski definition) is 1. The smallest absolute Gasteiger partial charge is 0.0446 e. The average molecular weight is 238 g/mol. The van der Waals surface area contributed by atoms with Crippen molar-refractivity contribution in [3.63, 3.8) is 0 Å². The quantitative estimate of drug-likeness (QED) is 0.832. The molecule has 0 aliphatic heterocycles. The molecule has 1 aromatic carbocycles. The first-order chi connectivity index (χ1) is 7.68. The molecule has 2 rings (SSSR count). The Hall–Kier alpha value is -0.530. The molecule has 0 bridgehead atoms. The van der Waals surface area contributed by atoms with Crippen molar-refractivity contribution < 1.29 is 0 Å². The van der Waals surface area contributed by atoms with Crippen molar-refractivity contribution in [2.75, 3.05) is 6.54 Å². The van der Waals surface area contributed by atoms with Gasteiger partial charge in [-0.3, -0.25) is 0 Å². The molecule has 2 heteroatoms. The average Bonchev–Trinajstić information content (AvgIpc) is 2.30. The minimum Gasteiger partial charge on any atom is -0.330 e. The summed E-state index contributed by atoms with van der Waals surface area (Å²) in [7, 11) is 0. The van der Waals surface area contributed by atoms with Crippen LogP contribution in [0.15, 0.2) is 18.2 Å². The standard InChI is InChI=1S/C14H20ClN/c1-11-5-6-12(13(15)9-11)14(10-16)7-3-2-4-8-14/h5-6,9H,2-4,7-8,10,16H2,1H3. The van der Waals surface area contributed by atoms with Crippen molar-refractivity contribution in [3.8, 4) is 0 Å². The maximum atomic E-state index is 6.38. The molecule has 0 radical (unpaired) electrons. The highest BCUT2D eigenvalue weighted by Crippen LogP contribution is 2.41. The van der Waals surface area contributed by atoms with Crippen LogP contribution in [0.5, 0.6) is 0 Å². The Morgan fingerprint density at radius 1 is 1.25 bits per heavy atom. The molecule has 1 aromatic rings. The predicted octanol–water partition coefficient (Wildman–Crippen LogP) is 3.81. The zero-order valence-corrected chi connectivity index (χ0v) is 10.7. The highest BCUT2D eigenvalue weighted by molar-refractivity contribution is 6.31. The Bertz CT molecular complexity index is 367. The van der Waals surface area contributed by atoms with Crippen LogP contribution < -0.4 is 5.73 Å².